The van der Waals surface area contributed by atoms with Gasteiger partial charge in [0, 0.05) is 11.4 Å². The summed E-state index contributed by atoms with van der Waals surface area (Å²) in [7, 11) is -4.13. The quantitative estimate of drug-likeness (QED) is 0.133. The Balaban J connectivity index is 1.68. The number of carbonyl (C=O) groups excluding carboxylic acids is 2. The minimum absolute atomic E-state index is 0.114. The first-order valence-electron chi connectivity index (χ1n) is 10.2. The normalized spacial score (nSPS) is 17.7. The van der Waals surface area contributed by atoms with E-state index in [2.05, 4.69) is 15.1 Å². The molecule has 1 saturated heterocycles. The molecule has 0 bridgehead atoms. The average molecular weight is 494 g/mol. The highest BCUT2D eigenvalue weighted by atomic mass is 32.2. The van der Waals surface area contributed by atoms with Gasteiger partial charge in [-0.15, -0.1) is 11.3 Å². The lowest BCUT2D eigenvalue weighted by atomic mass is 10.1. The smallest absolute Gasteiger partial charge is 0.275 e. The van der Waals surface area contributed by atoms with E-state index in [1.54, 1.807) is 30.3 Å². The highest BCUT2D eigenvalue weighted by molar-refractivity contribution is 7.87. The van der Waals surface area contributed by atoms with Crippen molar-refractivity contribution in [2.45, 2.75) is 37.9 Å². The van der Waals surface area contributed by atoms with Gasteiger partial charge in [0.15, 0.2) is 5.84 Å². The van der Waals surface area contributed by atoms with Gasteiger partial charge in [0.25, 0.3) is 10.2 Å². The number of amides is 2. The summed E-state index contributed by atoms with van der Waals surface area (Å²) in [6.45, 7) is 0.601. The van der Waals surface area contributed by atoms with Crippen LogP contribution in [0.4, 0.5) is 0 Å². The van der Waals surface area contributed by atoms with Crippen molar-refractivity contribution in [2.24, 2.45) is 21.8 Å². The molecule has 1 aliphatic heterocycles. The van der Waals surface area contributed by atoms with Gasteiger partial charge < -0.3 is 21.8 Å². The van der Waals surface area contributed by atoms with Crippen molar-refractivity contribution < 1.29 is 18.0 Å². The fourth-order valence-corrected chi connectivity index (χ4v) is 5.13. The van der Waals surface area contributed by atoms with Crippen LogP contribution in [0.5, 0.6) is 0 Å². The molecule has 2 atom stereocenters. The second kappa shape index (κ2) is 10.7. The molecule has 0 saturated carbocycles. The van der Waals surface area contributed by atoms with Crippen molar-refractivity contribution in [3.05, 3.63) is 57.8 Å². The van der Waals surface area contributed by atoms with Crippen LogP contribution >= 0.6 is 11.3 Å². The van der Waals surface area contributed by atoms with Crippen LogP contribution in [0.1, 0.15) is 28.2 Å². The molecule has 2 amide bonds. The molecule has 8 N–H and O–H groups in total. The highest BCUT2D eigenvalue weighted by Gasteiger charge is 2.38. The Hall–Kier alpha value is -3.00. The molecule has 1 aromatic carbocycles. The number of likely N-dealkylation sites (tertiary alicyclic amines) is 1. The number of nitrogens with two attached hydrogens (primary N) is 3. The third kappa shape index (κ3) is 6.74. The van der Waals surface area contributed by atoms with Gasteiger partial charge in [0.05, 0.1) is 11.4 Å². The van der Waals surface area contributed by atoms with Crippen molar-refractivity contribution in [3.8, 4) is 0 Å². The van der Waals surface area contributed by atoms with Gasteiger partial charge in [-0.2, -0.15) is 18.2 Å². The van der Waals surface area contributed by atoms with Gasteiger partial charge in [-0.05, 0) is 37.0 Å². The molecular formula is C20H27N7O4S2. The van der Waals surface area contributed by atoms with E-state index in [0.29, 0.717) is 24.3 Å². The Bertz CT molecular complexity index is 1120. The SMILES string of the molecule is N/N=C(/N)c1ccc(CNC(=O)C2CCCN2C(=O)[C@@H](Cc2ccccc2)NS(N)(=O)=O)s1. The first-order valence-corrected chi connectivity index (χ1v) is 12.6. The lowest BCUT2D eigenvalue weighted by molar-refractivity contribution is -0.139. The molecule has 13 heteroatoms. The van der Waals surface area contributed by atoms with E-state index in [-0.39, 0.29) is 24.7 Å². The van der Waals surface area contributed by atoms with E-state index >= 15 is 0 Å². The fraction of sp³-hybridized carbons (Fsp3) is 0.350. The molecule has 3 rings (SSSR count). The van der Waals surface area contributed by atoms with Crippen LogP contribution in [0.3, 0.4) is 0 Å². The second-order valence-corrected chi connectivity index (χ2v) is 10.1. The minimum atomic E-state index is -4.13. The predicted octanol–water partition coefficient (Wildman–Crippen LogP) is -0.661. The molecule has 178 valence electrons. The molecule has 11 nitrogen and oxygen atoms in total. The lowest BCUT2D eigenvalue weighted by Crippen LogP contribution is -2.55. The summed E-state index contributed by atoms with van der Waals surface area (Å²) in [4.78, 5) is 29.1. The predicted molar refractivity (Wildman–Crippen MR) is 126 cm³/mol. The maximum atomic E-state index is 13.3. The number of hydrogen-bond acceptors (Lipinski definition) is 7. The highest BCUT2D eigenvalue weighted by Crippen LogP contribution is 2.21. The number of amidine groups is 1. The number of hydrazone groups is 1. The van der Waals surface area contributed by atoms with E-state index in [9.17, 15) is 18.0 Å². The van der Waals surface area contributed by atoms with Gasteiger partial charge in [-0.25, -0.2) is 5.14 Å². The molecule has 0 radical (unpaired) electrons. The Labute approximate surface area is 196 Å². The molecule has 1 aromatic heterocycles. The summed E-state index contributed by atoms with van der Waals surface area (Å²) in [6, 6.07) is 10.7. The van der Waals surface area contributed by atoms with Crippen LogP contribution in [0.15, 0.2) is 47.6 Å². The van der Waals surface area contributed by atoms with E-state index < -0.39 is 28.2 Å². The van der Waals surface area contributed by atoms with E-state index in [0.717, 1.165) is 10.4 Å². The van der Waals surface area contributed by atoms with Crippen molar-refractivity contribution in [1.29, 1.82) is 0 Å². The monoisotopic (exact) mass is 493 g/mol. The fourth-order valence-electron chi connectivity index (χ4n) is 3.70. The maximum absolute atomic E-state index is 13.3. The Morgan fingerprint density at radius 2 is 1.94 bits per heavy atom. The second-order valence-electron chi connectivity index (χ2n) is 7.59. The molecular weight excluding hydrogens is 466 g/mol. The molecule has 2 heterocycles. The van der Waals surface area contributed by atoms with Crippen molar-refractivity contribution in [2.75, 3.05) is 6.54 Å². The topological polar surface area (TPSA) is 186 Å². The van der Waals surface area contributed by atoms with Crippen LogP contribution < -0.4 is 26.8 Å². The first kappa shape index (κ1) is 24.6. The van der Waals surface area contributed by atoms with Gasteiger partial charge >= 0.3 is 0 Å². The van der Waals surface area contributed by atoms with E-state index in [4.69, 9.17) is 16.7 Å². The van der Waals surface area contributed by atoms with Crippen LogP contribution in [0.25, 0.3) is 0 Å². The zero-order valence-corrected chi connectivity index (χ0v) is 19.4. The Morgan fingerprint density at radius 3 is 2.61 bits per heavy atom. The van der Waals surface area contributed by atoms with E-state index in [1.807, 2.05) is 12.1 Å². The molecule has 1 fully saturated rings. The molecule has 0 aliphatic carbocycles. The molecule has 1 aliphatic rings. The van der Waals surface area contributed by atoms with Crippen LogP contribution in [0.2, 0.25) is 0 Å². The third-order valence-corrected chi connectivity index (χ3v) is 6.94. The zero-order valence-electron chi connectivity index (χ0n) is 17.8. The summed E-state index contributed by atoms with van der Waals surface area (Å²) in [5, 5.41) is 11.4. The Morgan fingerprint density at radius 1 is 1.21 bits per heavy atom. The molecule has 1 unspecified atom stereocenters. The standard InChI is InChI=1S/C20H27N7O4S2/c21-18(25-22)17-9-8-14(32-17)12-24-19(28)16-7-4-10-27(16)20(29)15(26-33(23,30)31)11-13-5-2-1-3-6-13/h1-3,5-6,8-9,15-16,26H,4,7,10-12,22H2,(H2,21,25)(H,24,28)(H2,23,30,31)/t15-,16?/m1/s1. The molecule has 2 aromatic rings. The largest absolute Gasteiger partial charge is 0.381 e. The van der Waals surface area contributed by atoms with Gasteiger partial charge in [-0.1, -0.05) is 30.3 Å². The number of nitrogens with zero attached hydrogens (tertiary/aromatic N) is 2. The number of rotatable bonds is 9. The molecule has 33 heavy (non-hydrogen) atoms. The minimum Gasteiger partial charge on any atom is -0.381 e. The van der Waals surface area contributed by atoms with Crippen LogP contribution in [-0.4, -0.2) is 49.6 Å². The number of nitrogens with one attached hydrogen (secondary N) is 2. The number of hydrogen-bond donors (Lipinski definition) is 5. The average Bonchev–Trinajstić information content (AvgIpc) is 3.46. The lowest BCUT2D eigenvalue weighted by Gasteiger charge is -2.28. The van der Waals surface area contributed by atoms with Crippen LogP contribution in [0, 0.1) is 0 Å². The van der Waals surface area contributed by atoms with E-state index in [1.165, 1.54) is 16.2 Å². The zero-order chi connectivity index (χ0) is 24.0. The van der Waals surface area contributed by atoms with Gasteiger partial charge in [-0.3, -0.25) is 9.59 Å². The van der Waals surface area contributed by atoms with Crippen molar-refractivity contribution in [1.82, 2.24) is 14.9 Å². The summed E-state index contributed by atoms with van der Waals surface area (Å²) in [6.07, 6.45) is 1.22. The molecule has 0 spiro atoms. The maximum Gasteiger partial charge on any atom is 0.275 e. The number of carbonyl (C=O) groups is 2. The van der Waals surface area contributed by atoms with Gasteiger partial charge in [0.1, 0.15) is 12.1 Å². The number of benzene rings is 1. The van der Waals surface area contributed by atoms with Crippen molar-refractivity contribution in [3.63, 3.8) is 0 Å². The first-order chi connectivity index (χ1) is 15.7. The van der Waals surface area contributed by atoms with Crippen LogP contribution in [-0.2, 0) is 32.8 Å². The summed E-state index contributed by atoms with van der Waals surface area (Å²) in [5.41, 5.74) is 6.45. The summed E-state index contributed by atoms with van der Waals surface area (Å²) in [5.74, 6) is 4.59. The van der Waals surface area contributed by atoms with Crippen molar-refractivity contribution >= 4 is 39.2 Å². The number of thiophene rings is 1. The summed E-state index contributed by atoms with van der Waals surface area (Å²) >= 11 is 1.35. The third-order valence-electron chi connectivity index (χ3n) is 5.22. The Kier molecular flexibility index (Phi) is 8.02. The van der Waals surface area contributed by atoms with Gasteiger partial charge in [0.2, 0.25) is 11.8 Å². The summed E-state index contributed by atoms with van der Waals surface area (Å²) < 4.78 is 25.6.